The molecule has 1 aromatic rings. The van der Waals surface area contributed by atoms with Crippen molar-refractivity contribution < 1.29 is 9.13 Å². The topological polar surface area (TPSA) is 21.3 Å². The fraction of sp³-hybridized carbons (Fsp3) is 0.538. The number of rotatable bonds is 7. The smallest absolute Gasteiger partial charge is 0.165 e. The maximum absolute atomic E-state index is 13.4. The summed E-state index contributed by atoms with van der Waals surface area (Å²) in [6.45, 7) is 2.76. The van der Waals surface area contributed by atoms with E-state index in [1.807, 2.05) is 6.07 Å². The fourth-order valence-corrected chi connectivity index (χ4v) is 1.75. The summed E-state index contributed by atoms with van der Waals surface area (Å²) in [7, 11) is 1.46. The summed E-state index contributed by atoms with van der Waals surface area (Å²) < 4.78 is 18.3. The molecule has 0 heterocycles. The number of nitrogens with one attached hydrogen (secondary N) is 1. The van der Waals surface area contributed by atoms with E-state index in [1.54, 1.807) is 6.07 Å². The van der Waals surface area contributed by atoms with Gasteiger partial charge in [0.2, 0.25) is 0 Å². The highest BCUT2D eigenvalue weighted by Gasteiger charge is 2.05. The van der Waals surface area contributed by atoms with Gasteiger partial charge in [-0.25, -0.2) is 4.39 Å². The number of methoxy groups -OCH3 is 1. The first-order chi connectivity index (χ1) is 8.17. The average Bonchev–Trinajstić information content (AvgIpc) is 2.34. The first-order valence-electron chi connectivity index (χ1n) is 5.79. The molecule has 0 aliphatic carbocycles. The first kappa shape index (κ1) is 14.3. The van der Waals surface area contributed by atoms with Crippen molar-refractivity contribution in [2.45, 2.75) is 32.4 Å². The maximum Gasteiger partial charge on any atom is 0.165 e. The fourth-order valence-electron chi connectivity index (χ4n) is 1.60. The molecule has 0 aromatic heterocycles. The van der Waals surface area contributed by atoms with Crippen molar-refractivity contribution in [3.8, 4) is 5.75 Å². The number of hydrogen-bond acceptors (Lipinski definition) is 2. The predicted molar refractivity (Wildman–Crippen MR) is 69.2 cm³/mol. The minimum absolute atomic E-state index is 0.281. The molecule has 1 atom stereocenters. The molecule has 96 valence electrons. The van der Waals surface area contributed by atoms with Gasteiger partial charge in [-0.3, -0.25) is 0 Å². The third-order valence-electron chi connectivity index (χ3n) is 2.64. The Morgan fingerprint density at radius 1 is 1.47 bits per heavy atom. The predicted octanol–water partition coefficient (Wildman–Crippen LogP) is 3.33. The van der Waals surface area contributed by atoms with Crippen molar-refractivity contribution in [2.24, 2.45) is 0 Å². The summed E-state index contributed by atoms with van der Waals surface area (Å²) in [5.74, 6) is 0.646. The Hall–Kier alpha value is -0.800. The number of halogens is 2. The quantitative estimate of drug-likeness (QED) is 0.759. The van der Waals surface area contributed by atoms with E-state index in [2.05, 4.69) is 12.2 Å². The largest absolute Gasteiger partial charge is 0.494 e. The van der Waals surface area contributed by atoms with E-state index in [0.717, 1.165) is 18.4 Å². The van der Waals surface area contributed by atoms with E-state index in [4.69, 9.17) is 16.3 Å². The highest BCUT2D eigenvalue weighted by molar-refractivity contribution is 6.17. The molecule has 2 nitrogen and oxygen atoms in total. The molecule has 1 N–H and O–H groups in total. The highest BCUT2D eigenvalue weighted by Crippen LogP contribution is 2.17. The van der Waals surface area contributed by atoms with Gasteiger partial charge in [0.25, 0.3) is 0 Å². The van der Waals surface area contributed by atoms with Crippen LogP contribution in [0.1, 0.15) is 25.3 Å². The number of hydrogen-bond donors (Lipinski definition) is 1. The minimum Gasteiger partial charge on any atom is -0.494 e. The van der Waals surface area contributed by atoms with Crippen molar-refractivity contribution in [2.75, 3.05) is 13.0 Å². The lowest BCUT2D eigenvalue weighted by Gasteiger charge is -2.13. The van der Waals surface area contributed by atoms with Gasteiger partial charge < -0.3 is 10.1 Å². The van der Waals surface area contributed by atoms with Gasteiger partial charge >= 0.3 is 0 Å². The van der Waals surface area contributed by atoms with Crippen LogP contribution in [0.4, 0.5) is 4.39 Å². The van der Waals surface area contributed by atoms with Crippen molar-refractivity contribution in [1.29, 1.82) is 0 Å². The maximum atomic E-state index is 13.4. The third-order valence-corrected chi connectivity index (χ3v) is 2.91. The first-order valence-corrected chi connectivity index (χ1v) is 6.32. The number of ether oxygens (including phenoxy) is 1. The molecule has 0 amide bonds. The molecule has 0 radical (unpaired) electrons. The van der Waals surface area contributed by atoms with Crippen molar-refractivity contribution in [3.05, 3.63) is 29.6 Å². The summed E-state index contributed by atoms with van der Waals surface area (Å²) in [5, 5.41) is 3.33. The molecule has 0 aliphatic heterocycles. The van der Waals surface area contributed by atoms with E-state index < -0.39 is 0 Å². The second-order valence-corrected chi connectivity index (χ2v) is 4.46. The SMILES string of the molecule is COc1ccc(CNC(C)CCCCl)cc1F. The molecule has 0 fully saturated rings. The van der Waals surface area contributed by atoms with E-state index in [-0.39, 0.29) is 11.6 Å². The van der Waals surface area contributed by atoms with Gasteiger partial charge in [-0.1, -0.05) is 6.07 Å². The van der Waals surface area contributed by atoms with Gasteiger partial charge in [0.05, 0.1) is 7.11 Å². The summed E-state index contributed by atoms with van der Waals surface area (Å²) in [6.07, 6.45) is 2.02. The zero-order chi connectivity index (χ0) is 12.7. The number of benzene rings is 1. The van der Waals surface area contributed by atoms with Crippen molar-refractivity contribution in [1.82, 2.24) is 5.32 Å². The van der Waals surface area contributed by atoms with Crippen LogP contribution in [0.5, 0.6) is 5.75 Å². The van der Waals surface area contributed by atoms with Crippen LogP contribution >= 0.6 is 11.6 Å². The summed E-state index contributed by atoms with van der Waals surface area (Å²) >= 11 is 5.63. The molecule has 0 saturated heterocycles. The molecule has 0 bridgehead atoms. The zero-order valence-corrected chi connectivity index (χ0v) is 11.1. The van der Waals surface area contributed by atoms with Crippen LogP contribution in [-0.4, -0.2) is 19.0 Å². The standard InChI is InChI=1S/C13H19ClFNO/c1-10(4-3-7-14)16-9-11-5-6-13(17-2)12(15)8-11/h5-6,8,10,16H,3-4,7,9H2,1-2H3. The molecule has 1 unspecified atom stereocenters. The Bertz CT molecular complexity index is 346. The Labute approximate surface area is 107 Å². The molecule has 0 saturated carbocycles. The number of alkyl halides is 1. The lowest BCUT2D eigenvalue weighted by molar-refractivity contribution is 0.386. The zero-order valence-electron chi connectivity index (χ0n) is 10.3. The molecule has 0 spiro atoms. The molecule has 0 aliphatic rings. The molecule has 1 aromatic carbocycles. The Balaban J connectivity index is 2.44. The second-order valence-electron chi connectivity index (χ2n) is 4.08. The minimum atomic E-state index is -0.319. The average molecular weight is 260 g/mol. The van der Waals surface area contributed by atoms with Gasteiger partial charge in [0.1, 0.15) is 0 Å². The summed E-state index contributed by atoms with van der Waals surface area (Å²) in [5.41, 5.74) is 0.918. The van der Waals surface area contributed by atoms with Gasteiger partial charge in [-0.05, 0) is 37.5 Å². The van der Waals surface area contributed by atoms with Gasteiger partial charge in [-0.2, -0.15) is 0 Å². The van der Waals surface area contributed by atoms with Gasteiger partial charge in [0, 0.05) is 18.5 Å². The van der Waals surface area contributed by atoms with Gasteiger partial charge in [0.15, 0.2) is 11.6 Å². The Morgan fingerprint density at radius 2 is 2.24 bits per heavy atom. The van der Waals surface area contributed by atoms with Crippen molar-refractivity contribution >= 4 is 11.6 Å². The highest BCUT2D eigenvalue weighted by atomic mass is 35.5. The van der Waals surface area contributed by atoms with Gasteiger partial charge in [-0.15, -0.1) is 11.6 Å². The van der Waals surface area contributed by atoms with E-state index in [1.165, 1.54) is 13.2 Å². The second kappa shape index (κ2) is 7.51. The van der Waals surface area contributed by atoms with Crippen LogP contribution in [0.2, 0.25) is 0 Å². The normalized spacial score (nSPS) is 12.5. The summed E-state index contributed by atoms with van der Waals surface area (Å²) in [6, 6.07) is 5.40. The van der Waals surface area contributed by atoms with E-state index in [0.29, 0.717) is 18.5 Å². The molecule has 4 heteroatoms. The van der Waals surface area contributed by atoms with Crippen molar-refractivity contribution in [3.63, 3.8) is 0 Å². The third kappa shape index (κ3) is 4.92. The van der Waals surface area contributed by atoms with Crippen LogP contribution < -0.4 is 10.1 Å². The van der Waals surface area contributed by atoms with Crippen LogP contribution in [0.15, 0.2) is 18.2 Å². The molecular weight excluding hydrogens is 241 g/mol. The van der Waals surface area contributed by atoms with Crippen LogP contribution in [-0.2, 0) is 6.54 Å². The van der Waals surface area contributed by atoms with E-state index in [9.17, 15) is 4.39 Å². The van der Waals surface area contributed by atoms with Crippen LogP contribution in [0.25, 0.3) is 0 Å². The Kier molecular flexibility index (Phi) is 6.30. The van der Waals surface area contributed by atoms with E-state index >= 15 is 0 Å². The lowest BCUT2D eigenvalue weighted by Crippen LogP contribution is -2.25. The van der Waals surface area contributed by atoms with Crippen LogP contribution in [0.3, 0.4) is 0 Å². The Morgan fingerprint density at radius 3 is 2.82 bits per heavy atom. The monoisotopic (exact) mass is 259 g/mol. The molecule has 1 rings (SSSR count). The molecular formula is C13H19ClFNO. The summed E-state index contributed by atoms with van der Waals surface area (Å²) in [4.78, 5) is 0. The lowest BCUT2D eigenvalue weighted by atomic mass is 10.1. The van der Waals surface area contributed by atoms with Crippen LogP contribution in [0, 0.1) is 5.82 Å². The molecule has 17 heavy (non-hydrogen) atoms.